The number of benzene rings is 4. The average molecular weight is 628 g/mol. The minimum Gasteiger partial charge on any atom is -0.494 e. The van der Waals surface area contributed by atoms with Crippen LogP contribution in [-0.4, -0.2) is 48.2 Å². The van der Waals surface area contributed by atoms with Gasteiger partial charge in [-0.1, -0.05) is 73.7 Å². The van der Waals surface area contributed by atoms with Crippen LogP contribution < -0.4 is 19.5 Å². The van der Waals surface area contributed by atoms with Gasteiger partial charge in [-0.25, -0.2) is 4.79 Å². The standard InChI is InChI=1S/C39H37N3O5/c1-3-39(30-16-17-33-34(24-30)47-21-20-46-33)37(43)42(38(44)41-39)18-9-19-45-31-14-8-13-28(23-31)35-29(22-27-11-5-4-6-12-27)25-40-36-26(2)10-7-15-32(35)36/h4-8,10-17,23-25H,3,9,18-22H2,1-2H3,(H,41,44). The Hall–Kier alpha value is -5.37. The van der Waals surface area contributed by atoms with Crippen molar-refractivity contribution in [3.63, 3.8) is 0 Å². The molecule has 1 unspecified atom stereocenters. The number of para-hydroxylation sites is 1. The van der Waals surface area contributed by atoms with Gasteiger partial charge in [0.2, 0.25) is 0 Å². The Morgan fingerprint density at radius 3 is 2.55 bits per heavy atom. The summed E-state index contributed by atoms with van der Waals surface area (Å²) in [4.78, 5) is 32.9. The number of ether oxygens (including phenoxy) is 3. The van der Waals surface area contributed by atoms with Gasteiger partial charge in [0.25, 0.3) is 5.91 Å². The molecule has 4 aromatic carbocycles. The largest absolute Gasteiger partial charge is 0.494 e. The summed E-state index contributed by atoms with van der Waals surface area (Å²) >= 11 is 0. The molecule has 1 atom stereocenters. The third-order valence-electron chi connectivity index (χ3n) is 9.07. The van der Waals surface area contributed by atoms with E-state index >= 15 is 0 Å². The molecule has 8 nitrogen and oxygen atoms in total. The Labute approximate surface area is 274 Å². The van der Waals surface area contributed by atoms with Crippen molar-refractivity contribution < 1.29 is 23.8 Å². The van der Waals surface area contributed by atoms with Crippen LogP contribution in [0.2, 0.25) is 0 Å². The predicted molar refractivity (Wildman–Crippen MR) is 181 cm³/mol. The number of carbonyl (C=O) groups is 2. The van der Waals surface area contributed by atoms with E-state index in [9.17, 15) is 9.59 Å². The number of urea groups is 1. The Bertz CT molecular complexity index is 1960. The summed E-state index contributed by atoms with van der Waals surface area (Å²) in [7, 11) is 0. The maximum Gasteiger partial charge on any atom is 0.325 e. The minimum absolute atomic E-state index is 0.242. The predicted octanol–water partition coefficient (Wildman–Crippen LogP) is 7.20. The van der Waals surface area contributed by atoms with Crippen molar-refractivity contribution in [2.24, 2.45) is 0 Å². The van der Waals surface area contributed by atoms with Crippen LogP contribution in [0.3, 0.4) is 0 Å². The van der Waals surface area contributed by atoms with Gasteiger partial charge >= 0.3 is 6.03 Å². The number of rotatable bonds is 10. The molecule has 47 heavy (non-hydrogen) atoms. The van der Waals surface area contributed by atoms with E-state index in [2.05, 4.69) is 66.8 Å². The molecular formula is C39H37N3O5. The molecule has 1 aromatic heterocycles. The number of amides is 3. The first-order valence-electron chi connectivity index (χ1n) is 16.2. The van der Waals surface area contributed by atoms with Crippen LogP contribution >= 0.6 is 0 Å². The molecule has 1 saturated heterocycles. The quantitative estimate of drug-likeness (QED) is 0.130. The van der Waals surface area contributed by atoms with Crippen molar-refractivity contribution >= 4 is 22.8 Å². The highest BCUT2D eigenvalue weighted by Crippen LogP contribution is 2.39. The summed E-state index contributed by atoms with van der Waals surface area (Å²) in [5.41, 5.74) is 6.20. The number of aryl methyl sites for hydroxylation is 1. The van der Waals surface area contributed by atoms with Crippen molar-refractivity contribution in [3.05, 3.63) is 119 Å². The van der Waals surface area contributed by atoms with Gasteiger partial charge in [-0.3, -0.25) is 14.7 Å². The molecular weight excluding hydrogens is 590 g/mol. The number of nitrogens with one attached hydrogen (secondary N) is 1. The first-order valence-corrected chi connectivity index (χ1v) is 16.2. The van der Waals surface area contributed by atoms with E-state index in [1.807, 2.05) is 37.4 Å². The van der Waals surface area contributed by atoms with Gasteiger partial charge in [0.1, 0.15) is 24.5 Å². The van der Waals surface area contributed by atoms with E-state index in [1.165, 1.54) is 10.5 Å². The highest BCUT2D eigenvalue weighted by molar-refractivity contribution is 6.07. The molecule has 5 aromatic rings. The van der Waals surface area contributed by atoms with Crippen LogP contribution in [0.4, 0.5) is 4.79 Å². The van der Waals surface area contributed by atoms with E-state index in [4.69, 9.17) is 19.2 Å². The SMILES string of the molecule is CCC1(c2ccc3c(c2)OCCO3)NC(=O)N(CCCOc2cccc(-c3c(Cc4ccccc4)cnc4c(C)cccc34)c2)C1=O. The Morgan fingerprint density at radius 1 is 0.915 bits per heavy atom. The van der Waals surface area contributed by atoms with E-state index in [0.717, 1.165) is 45.3 Å². The lowest BCUT2D eigenvalue weighted by Crippen LogP contribution is -2.43. The van der Waals surface area contributed by atoms with Crippen molar-refractivity contribution in [1.29, 1.82) is 0 Å². The molecule has 3 heterocycles. The monoisotopic (exact) mass is 627 g/mol. The number of carbonyl (C=O) groups excluding carboxylic acids is 2. The van der Waals surface area contributed by atoms with Crippen LogP contribution in [0.25, 0.3) is 22.0 Å². The van der Waals surface area contributed by atoms with Crippen molar-refractivity contribution in [1.82, 2.24) is 15.2 Å². The van der Waals surface area contributed by atoms with Crippen molar-refractivity contribution in [2.75, 3.05) is 26.4 Å². The average Bonchev–Trinajstić information content (AvgIpc) is 3.35. The zero-order valence-corrected chi connectivity index (χ0v) is 26.6. The van der Waals surface area contributed by atoms with Crippen LogP contribution in [0.15, 0.2) is 97.2 Å². The Kier molecular flexibility index (Phi) is 8.24. The summed E-state index contributed by atoms with van der Waals surface area (Å²) < 4.78 is 17.6. The number of aromatic nitrogens is 1. The molecule has 3 amide bonds. The van der Waals surface area contributed by atoms with Gasteiger partial charge in [-0.05, 0) is 83.8 Å². The second-order valence-electron chi connectivity index (χ2n) is 12.0. The lowest BCUT2D eigenvalue weighted by atomic mass is 9.87. The van der Waals surface area contributed by atoms with E-state index in [0.29, 0.717) is 49.7 Å². The van der Waals surface area contributed by atoms with Crippen molar-refractivity contribution in [2.45, 2.75) is 38.6 Å². The molecule has 1 N–H and O–H groups in total. The second kappa shape index (κ2) is 12.8. The normalized spacial score (nSPS) is 17.2. The number of hydrogen-bond acceptors (Lipinski definition) is 6. The summed E-state index contributed by atoms with van der Waals surface area (Å²) in [6.45, 7) is 5.49. The third kappa shape index (κ3) is 5.76. The van der Waals surface area contributed by atoms with Gasteiger partial charge in [0.05, 0.1) is 12.1 Å². The smallest absolute Gasteiger partial charge is 0.325 e. The molecule has 0 spiro atoms. The molecule has 0 aliphatic carbocycles. The number of hydrogen-bond donors (Lipinski definition) is 1. The Morgan fingerprint density at radius 2 is 1.72 bits per heavy atom. The zero-order chi connectivity index (χ0) is 32.4. The molecule has 2 aliphatic heterocycles. The zero-order valence-electron chi connectivity index (χ0n) is 26.6. The first-order chi connectivity index (χ1) is 23.0. The first kappa shape index (κ1) is 30.3. The number of nitrogens with zero attached hydrogens (tertiary/aromatic N) is 2. The number of pyridine rings is 1. The summed E-state index contributed by atoms with van der Waals surface area (Å²) in [5.74, 6) is 1.68. The Balaban J connectivity index is 1.07. The van der Waals surface area contributed by atoms with E-state index < -0.39 is 11.6 Å². The molecule has 8 heteroatoms. The van der Waals surface area contributed by atoms with Crippen LogP contribution in [0.5, 0.6) is 17.2 Å². The number of imide groups is 1. The highest BCUT2D eigenvalue weighted by atomic mass is 16.6. The molecule has 2 aliphatic rings. The topological polar surface area (TPSA) is 90.0 Å². The van der Waals surface area contributed by atoms with E-state index in [-0.39, 0.29) is 12.5 Å². The van der Waals surface area contributed by atoms with Gasteiger partial charge in [-0.2, -0.15) is 0 Å². The lowest BCUT2D eigenvalue weighted by molar-refractivity contribution is -0.131. The summed E-state index contributed by atoms with van der Waals surface area (Å²) in [5, 5.41) is 4.06. The second-order valence-corrected chi connectivity index (χ2v) is 12.0. The van der Waals surface area contributed by atoms with Crippen LogP contribution in [0.1, 0.15) is 42.0 Å². The summed E-state index contributed by atoms with van der Waals surface area (Å²) in [6.07, 6.45) is 3.65. The third-order valence-corrected chi connectivity index (χ3v) is 9.07. The number of fused-ring (bicyclic) bond motifs is 2. The maximum atomic E-state index is 13.7. The molecule has 238 valence electrons. The molecule has 0 bridgehead atoms. The van der Waals surface area contributed by atoms with Crippen molar-refractivity contribution in [3.8, 4) is 28.4 Å². The van der Waals surface area contributed by atoms with Gasteiger partial charge in [0, 0.05) is 18.1 Å². The lowest BCUT2D eigenvalue weighted by Gasteiger charge is -2.27. The molecule has 0 saturated carbocycles. The van der Waals surface area contributed by atoms with Gasteiger partial charge < -0.3 is 19.5 Å². The fourth-order valence-electron chi connectivity index (χ4n) is 6.63. The van der Waals surface area contributed by atoms with Gasteiger partial charge in [-0.15, -0.1) is 0 Å². The fourth-order valence-corrected chi connectivity index (χ4v) is 6.63. The molecule has 0 radical (unpaired) electrons. The van der Waals surface area contributed by atoms with Crippen LogP contribution in [-0.2, 0) is 16.8 Å². The van der Waals surface area contributed by atoms with E-state index in [1.54, 1.807) is 12.1 Å². The minimum atomic E-state index is -1.15. The fraction of sp³-hybridized carbons (Fsp3) is 0.256. The molecule has 7 rings (SSSR count). The highest BCUT2D eigenvalue weighted by Gasteiger charge is 2.51. The summed E-state index contributed by atoms with van der Waals surface area (Å²) in [6, 6.07) is 29.8. The van der Waals surface area contributed by atoms with Gasteiger partial charge in [0.15, 0.2) is 11.5 Å². The van der Waals surface area contributed by atoms with Crippen LogP contribution in [0, 0.1) is 6.92 Å². The maximum absolute atomic E-state index is 13.7. The molecule has 1 fully saturated rings.